The van der Waals surface area contributed by atoms with Gasteiger partial charge in [-0.25, -0.2) is 4.98 Å². The van der Waals surface area contributed by atoms with Gasteiger partial charge in [-0.3, -0.25) is 0 Å². The maximum atomic E-state index is 4.39. The fourth-order valence-corrected chi connectivity index (χ4v) is 2.92. The summed E-state index contributed by atoms with van der Waals surface area (Å²) in [6, 6.07) is 0. The molecule has 0 spiro atoms. The van der Waals surface area contributed by atoms with Crippen LogP contribution >= 0.6 is 0 Å². The average Bonchev–Trinajstić information content (AvgIpc) is 2.71. The summed E-state index contributed by atoms with van der Waals surface area (Å²) in [5.74, 6) is 1.87. The fourth-order valence-electron chi connectivity index (χ4n) is 2.92. The summed E-state index contributed by atoms with van der Waals surface area (Å²) < 4.78 is 2.31. The van der Waals surface area contributed by atoms with Crippen LogP contribution in [-0.4, -0.2) is 65.7 Å². The van der Waals surface area contributed by atoms with Crippen molar-refractivity contribution in [3.63, 3.8) is 0 Å². The topological polar surface area (TPSA) is 36.3 Å². The molecule has 0 unspecified atom stereocenters. The Bertz CT molecular complexity index is 380. The minimum absolute atomic E-state index is 0.698. The number of fused-ring (bicyclic) bond motifs is 1. The smallest absolute Gasteiger partial charge is 0.122 e. The molecule has 2 aliphatic heterocycles. The third-order valence-electron chi connectivity index (χ3n) is 4.09. The van der Waals surface area contributed by atoms with Crippen LogP contribution in [0.1, 0.15) is 5.82 Å². The van der Waals surface area contributed by atoms with Crippen LogP contribution < -0.4 is 5.32 Å². The standard InChI is InChI=1S/C13H23N5/c1-16-4-6-17(7-5-16)10-12-8-14-9-13-15-2-3-18(13)11-12/h2-3,12,14H,4-11H2,1H3/t12-/m0/s1. The molecule has 0 radical (unpaired) electrons. The van der Waals surface area contributed by atoms with Gasteiger partial charge in [0.15, 0.2) is 0 Å². The van der Waals surface area contributed by atoms with Gasteiger partial charge >= 0.3 is 0 Å². The number of rotatable bonds is 2. The Labute approximate surface area is 109 Å². The van der Waals surface area contributed by atoms with Crippen molar-refractivity contribution in [2.24, 2.45) is 5.92 Å². The van der Waals surface area contributed by atoms with E-state index >= 15 is 0 Å². The van der Waals surface area contributed by atoms with Crippen LogP contribution in [-0.2, 0) is 13.1 Å². The number of nitrogens with one attached hydrogen (secondary N) is 1. The third-order valence-corrected chi connectivity index (χ3v) is 4.09. The van der Waals surface area contributed by atoms with Gasteiger partial charge in [-0.05, 0) is 7.05 Å². The summed E-state index contributed by atoms with van der Waals surface area (Å²) >= 11 is 0. The first-order chi connectivity index (χ1) is 8.81. The number of likely N-dealkylation sites (N-methyl/N-ethyl adjacent to an activating group) is 1. The molecule has 0 aromatic carbocycles. The van der Waals surface area contributed by atoms with Crippen LogP contribution in [0.2, 0.25) is 0 Å². The van der Waals surface area contributed by atoms with Gasteiger partial charge in [0.05, 0.1) is 6.54 Å². The van der Waals surface area contributed by atoms with Gasteiger partial charge < -0.3 is 19.7 Å². The average molecular weight is 249 g/mol. The van der Waals surface area contributed by atoms with Gasteiger partial charge in [0, 0.05) is 64.1 Å². The predicted octanol–water partition coefficient (Wildman–Crippen LogP) is -0.150. The van der Waals surface area contributed by atoms with Gasteiger partial charge in [0.2, 0.25) is 0 Å². The summed E-state index contributed by atoms with van der Waals surface area (Å²) in [4.78, 5) is 9.41. The molecule has 1 aromatic rings. The largest absolute Gasteiger partial charge is 0.333 e. The van der Waals surface area contributed by atoms with E-state index in [2.05, 4.69) is 37.9 Å². The predicted molar refractivity (Wildman–Crippen MR) is 71.4 cm³/mol. The van der Waals surface area contributed by atoms with E-state index in [4.69, 9.17) is 0 Å². The number of imidazole rings is 1. The van der Waals surface area contributed by atoms with Crippen molar-refractivity contribution in [1.82, 2.24) is 24.7 Å². The quantitative estimate of drug-likeness (QED) is 0.791. The molecule has 1 atom stereocenters. The van der Waals surface area contributed by atoms with Crippen molar-refractivity contribution in [3.05, 3.63) is 18.2 Å². The first kappa shape index (κ1) is 12.1. The molecule has 0 amide bonds. The van der Waals surface area contributed by atoms with E-state index < -0.39 is 0 Å². The molecule has 100 valence electrons. The van der Waals surface area contributed by atoms with Gasteiger partial charge in [-0.15, -0.1) is 0 Å². The number of hydrogen-bond donors (Lipinski definition) is 1. The van der Waals surface area contributed by atoms with Gasteiger partial charge in [-0.2, -0.15) is 0 Å². The first-order valence-electron chi connectivity index (χ1n) is 6.93. The molecular formula is C13H23N5. The van der Waals surface area contributed by atoms with Crippen LogP contribution in [0.4, 0.5) is 0 Å². The minimum atomic E-state index is 0.698. The highest BCUT2D eigenvalue weighted by Gasteiger charge is 2.21. The third kappa shape index (κ3) is 2.74. The van der Waals surface area contributed by atoms with Crippen LogP contribution in [0.5, 0.6) is 0 Å². The van der Waals surface area contributed by atoms with E-state index in [1.54, 1.807) is 0 Å². The molecule has 18 heavy (non-hydrogen) atoms. The van der Waals surface area contributed by atoms with Crippen molar-refractivity contribution < 1.29 is 0 Å². The van der Waals surface area contributed by atoms with E-state index in [1.165, 1.54) is 38.5 Å². The van der Waals surface area contributed by atoms with E-state index in [1.807, 2.05) is 6.20 Å². The zero-order valence-electron chi connectivity index (χ0n) is 11.2. The monoisotopic (exact) mass is 249 g/mol. The Morgan fingerprint density at radius 2 is 2.17 bits per heavy atom. The molecule has 1 fully saturated rings. The Morgan fingerprint density at radius 1 is 1.33 bits per heavy atom. The summed E-state index contributed by atoms with van der Waals surface area (Å²) in [5.41, 5.74) is 0. The molecule has 1 saturated heterocycles. The van der Waals surface area contributed by atoms with Gasteiger partial charge in [0.1, 0.15) is 5.82 Å². The van der Waals surface area contributed by atoms with E-state index in [0.29, 0.717) is 5.92 Å². The maximum absolute atomic E-state index is 4.39. The molecule has 5 heteroatoms. The number of piperazine rings is 1. The second-order valence-electron chi connectivity index (χ2n) is 5.60. The Morgan fingerprint density at radius 3 is 3.00 bits per heavy atom. The second kappa shape index (κ2) is 5.38. The van der Waals surface area contributed by atoms with Crippen LogP contribution in [0.15, 0.2) is 12.4 Å². The van der Waals surface area contributed by atoms with Crippen molar-refractivity contribution in [1.29, 1.82) is 0 Å². The van der Waals surface area contributed by atoms with Crippen molar-refractivity contribution in [2.45, 2.75) is 13.1 Å². The SMILES string of the molecule is CN1CCN(C[C@@H]2CNCc3nccn3C2)CC1. The number of nitrogens with zero attached hydrogens (tertiary/aromatic N) is 4. The minimum Gasteiger partial charge on any atom is -0.333 e. The van der Waals surface area contributed by atoms with Crippen molar-refractivity contribution >= 4 is 0 Å². The lowest BCUT2D eigenvalue weighted by Crippen LogP contribution is -2.47. The molecule has 5 nitrogen and oxygen atoms in total. The lowest BCUT2D eigenvalue weighted by atomic mass is 10.1. The van der Waals surface area contributed by atoms with E-state index in [9.17, 15) is 0 Å². The molecule has 1 aromatic heterocycles. The number of aromatic nitrogens is 2. The summed E-state index contributed by atoms with van der Waals surface area (Å²) in [5, 5.41) is 3.52. The highest BCUT2D eigenvalue weighted by Crippen LogP contribution is 2.11. The Kier molecular flexibility index (Phi) is 3.63. The van der Waals surface area contributed by atoms with E-state index in [0.717, 1.165) is 19.6 Å². The lowest BCUT2D eigenvalue weighted by Gasteiger charge is -2.34. The second-order valence-corrected chi connectivity index (χ2v) is 5.60. The normalized spacial score (nSPS) is 26.8. The first-order valence-corrected chi connectivity index (χ1v) is 6.93. The zero-order valence-corrected chi connectivity index (χ0v) is 11.2. The van der Waals surface area contributed by atoms with Crippen LogP contribution in [0.25, 0.3) is 0 Å². The molecule has 0 saturated carbocycles. The molecule has 0 bridgehead atoms. The van der Waals surface area contributed by atoms with Gasteiger partial charge in [0.25, 0.3) is 0 Å². The van der Waals surface area contributed by atoms with Crippen LogP contribution in [0.3, 0.4) is 0 Å². The molecule has 1 N–H and O–H groups in total. The lowest BCUT2D eigenvalue weighted by molar-refractivity contribution is 0.132. The summed E-state index contributed by atoms with van der Waals surface area (Å²) in [6.45, 7) is 9.16. The fraction of sp³-hybridized carbons (Fsp3) is 0.769. The summed E-state index contributed by atoms with van der Waals surface area (Å²) in [6.07, 6.45) is 4.02. The van der Waals surface area contributed by atoms with Crippen molar-refractivity contribution in [3.8, 4) is 0 Å². The summed E-state index contributed by atoms with van der Waals surface area (Å²) in [7, 11) is 2.21. The van der Waals surface area contributed by atoms with Gasteiger partial charge in [-0.1, -0.05) is 0 Å². The Balaban J connectivity index is 1.57. The molecule has 3 rings (SSSR count). The molecule has 3 heterocycles. The van der Waals surface area contributed by atoms with Crippen LogP contribution in [0, 0.1) is 5.92 Å². The molecular weight excluding hydrogens is 226 g/mol. The van der Waals surface area contributed by atoms with E-state index in [-0.39, 0.29) is 0 Å². The molecule has 2 aliphatic rings. The zero-order chi connectivity index (χ0) is 12.4. The Hall–Kier alpha value is -0.910. The number of hydrogen-bond acceptors (Lipinski definition) is 4. The highest BCUT2D eigenvalue weighted by molar-refractivity contribution is 4.95. The maximum Gasteiger partial charge on any atom is 0.122 e. The highest BCUT2D eigenvalue weighted by atomic mass is 15.2. The van der Waals surface area contributed by atoms with Crippen molar-refractivity contribution in [2.75, 3.05) is 46.3 Å². The molecule has 0 aliphatic carbocycles.